The zero-order chi connectivity index (χ0) is 12.8. The van der Waals surface area contributed by atoms with Crippen LogP contribution in [0.4, 0.5) is 4.79 Å². The van der Waals surface area contributed by atoms with Gasteiger partial charge in [-0.1, -0.05) is 39.8 Å². The van der Waals surface area contributed by atoms with Crippen molar-refractivity contribution in [1.82, 2.24) is 0 Å². The van der Waals surface area contributed by atoms with Gasteiger partial charge >= 0.3 is 6.09 Å². The normalized spacial score (nSPS) is 20.9. The minimum Gasteiger partial charge on any atom is -0.446 e. The van der Waals surface area contributed by atoms with E-state index in [0.717, 1.165) is 32.1 Å². The second-order valence-corrected chi connectivity index (χ2v) is 3.04. The first-order valence-corrected chi connectivity index (χ1v) is 6.40. The third-order valence-electron chi connectivity index (χ3n) is 2.00. The summed E-state index contributed by atoms with van der Waals surface area (Å²) in [5.41, 5.74) is 4.93. The Kier molecular flexibility index (Phi) is 15.2. The Bertz CT molecular complexity index is 179. The lowest BCUT2D eigenvalue weighted by atomic mass is 10.0. The van der Waals surface area contributed by atoms with Gasteiger partial charge in [-0.3, -0.25) is 0 Å². The van der Waals surface area contributed by atoms with Crippen molar-refractivity contribution in [3.8, 4) is 0 Å². The van der Waals surface area contributed by atoms with Crippen molar-refractivity contribution in [2.75, 3.05) is 0 Å². The molecule has 1 unspecified atom stereocenters. The van der Waals surface area contributed by atoms with Gasteiger partial charge in [-0.15, -0.1) is 0 Å². The van der Waals surface area contributed by atoms with Crippen molar-refractivity contribution < 1.29 is 9.53 Å². The lowest BCUT2D eigenvalue weighted by Crippen LogP contribution is -2.22. The molecule has 1 aliphatic carbocycles. The van der Waals surface area contributed by atoms with Gasteiger partial charge in [-0.05, 0) is 32.1 Å². The van der Waals surface area contributed by atoms with Crippen LogP contribution >= 0.6 is 0 Å². The second-order valence-electron chi connectivity index (χ2n) is 3.04. The van der Waals surface area contributed by atoms with Gasteiger partial charge in [0.2, 0.25) is 0 Å². The number of rotatable bonds is 1. The van der Waals surface area contributed by atoms with Crippen molar-refractivity contribution in [1.29, 1.82) is 0 Å². The van der Waals surface area contributed by atoms with Gasteiger partial charge in [0.05, 0.1) is 0 Å². The summed E-state index contributed by atoms with van der Waals surface area (Å²) in [4.78, 5) is 10.4. The average Bonchev–Trinajstić information content (AvgIpc) is 2.27. The van der Waals surface area contributed by atoms with Crippen LogP contribution in [0.15, 0.2) is 12.2 Å². The van der Waals surface area contributed by atoms with Crippen LogP contribution in [0.3, 0.4) is 0 Å². The van der Waals surface area contributed by atoms with Gasteiger partial charge in [0.25, 0.3) is 0 Å². The first-order valence-electron chi connectivity index (χ1n) is 6.40. The Morgan fingerprint density at radius 2 is 1.69 bits per heavy atom. The lowest BCUT2D eigenvalue weighted by molar-refractivity contribution is 0.0946. The quantitative estimate of drug-likeness (QED) is 0.690. The third-order valence-corrected chi connectivity index (χ3v) is 2.00. The van der Waals surface area contributed by atoms with Crippen molar-refractivity contribution in [3.05, 3.63) is 12.2 Å². The van der Waals surface area contributed by atoms with E-state index < -0.39 is 6.09 Å². The first kappa shape index (κ1) is 17.4. The van der Waals surface area contributed by atoms with E-state index in [1.54, 1.807) is 0 Å². The van der Waals surface area contributed by atoms with Crippen molar-refractivity contribution in [3.63, 3.8) is 0 Å². The van der Waals surface area contributed by atoms with E-state index in [1.165, 1.54) is 0 Å². The summed E-state index contributed by atoms with van der Waals surface area (Å²) in [6.45, 7) is 8.00. The molecule has 2 N–H and O–H groups in total. The van der Waals surface area contributed by atoms with E-state index in [4.69, 9.17) is 10.5 Å². The standard InChI is InChI=1S/C9H15NO2.2C2H6/c10-9(11)12-8-6-4-2-1-3-5-7-8;2*1-2/h1-2,8H,3-7H2,(H2,10,11);2*1-2H3/b2-1+;;. The van der Waals surface area contributed by atoms with Gasteiger partial charge in [0.15, 0.2) is 0 Å². The molecule has 0 fully saturated rings. The topological polar surface area (TPSA) is 52.3 Å². The van der Waals surface area contributed by atoms with Crippen LogP contribution < -0.4 is 5.73 Å². The smallest absolute Gasteiger partial charge is 0.404 e. The van der Waals surface area contributed by atoms with Crippen LogP contribution in [-0.2, 0) is 4.74 Å². The zero-order valence-corrected chi connectivity index (χ0v) is 11.2. The molecule has 1 aliphatic rings. The molecule has 0 spiro atoms. The van der Waals surface area contributed by atoms with Gasteiger partial charge in [-0.2, -0.15) is 0 Å². The summed E-state index contributed by atoms with van der Waals surface area (Å²) in [6.07, 6.45) is 8.69. The Balaban J connectivity index is 0. The number of ether oxygens (including phenoxy) is 1. The van der Waals surface area contributed by atoms with Crippen molar-refractivity contribution >= 4 is 6.09 Å². The summed E-state index contributed by atoms with van der Waals surface area (Å²) in [5, 5.41) is 0. The Hall–Kier alpha value is -0.990. The summed E-state index contributed by atoms with van der Waals surface area (Å²) in [7, 11) is 0. The molecular weight excluding hydrogens is 202 g/mol. The van der Waals surface area contributed by atoms with Crippen LogP contribution in [0.2, 0.25) is 0 Å². The number of hydrogen-bond acceptors (Lipinski definition) is 2. The Morgan fingerprint density at radius 1 is 1.12 bits per heavy atom. The minimum atomic E-state index is -0.649. The molecule has 1 rings (SSSR count). The average molecular weight is 229 g/mol. The van der Waals surface area contributed by atoms with Gasteiger partial charge in [0, 0.05) is 0 Å². The predicted octanol–water partition coefficient (Wildman–Crippen LogP) is 4.02. The molecule has 1 amide bonds. The first-order chi connectivity index (χ1) is 7.79. The number of allylic oxidation sites excluding steroid dienone is 2. The van der Waals surface area contributed by atoms with E-state index in [1.807, 2.05) is 27.7 Å². The number of carbonyl (C=O) groups excluding carboxylic acids is 1. The molecule has 0 aromatic carbocycles. The number of amides is 1. The number of nitrogens with two attached hydrogens (primary N) is 1. The summed E-state index contributed by atoms with van der Waals surface area (Å²) in [6, 6.07) is 0. The maximum atomic E-state index is 10.4. The van der Waals surface area contributed by atoms with Crippen molar-refractivity contribution in [2.45, 2.75) is 65.9 Å². The molecule has 0 bridgehead atoms. The Morgan fingerprint density at radius 3 is 2.25 bits per heavy atom. The SMILES string of the molecule is CC.CC.NC(=O)OC1CC/C=C/CCC1. The molecule has 1 atom stereocenters. The van der Waals surface area contributed by atoms with Gasteiger partial charge in [0.1, 0.15) is 6.10 Å². The molecule has 3 heteroatoms. The van der Waals surface area contributed by atoms with Crippen molar-refractivity contribution in [2.24, 2.45) is 5.73 Å². The van der Waals surface area contributed by atoms with E-state index in [0.29, 0.717) is 0 Å². The number of primary amides is 1. The second kappa shape index (κ2) is 14.0. The molecule has 0 radical (unpaired) electrons. The lowest BCUT2D eigenvalue weighted by Gasteiger charge is -2.16. The fourth-order valence-electron chi connectivity index (χ4n) is 1.41. The highest BCUT2D eigenvalue weighted by molar-refractivity contribution is 5.64. The van der Waals surface area contributed by atoms with Gasteiger partial charge < -0.3 is 10.5 Å². The maximum absolute atomic E-state index is 10.4. The van der Waals surface area contributed by atoms with E-state index in [2.05, 4.69) is 12.2 Å². The van der Waals surface area contributed by atoms with Crippen LogP contribution in [0.1, 0.15) is 59.8 Å². The highest BCUT2D eigenvalue weighted by atomic mass is 16.6. The molecule has 16 heavy (non-hydrogen) atoms. The molecule has 0 heterocycles. The fourth-order valence-corrected chi connectivity index (χ4v) is 1.41. The summed E-state index contributed by atoms with van der Waals surface area (Å²) < 4.78 is 4.93. The molecule has 96 valence electrons. The highest BCUT2D eigenvalue weighted by Gasteiger charge is 2.11. The maximum Gasteiger partial charge on any atom is 0.404 e. The van der Waals surface area contributed by atoms with Crippen LogP contribution in [-0.4, -0.2) is 12.2 Å². The third kappa shape index (κ3) is 11.1. The zero-order valence-electron chi connectivity index (χ0n) is 11.2. The molecule has 0 saturated heterocycles. The minimum absolute atomic E-state index is 0.0347. The molecule has 3 nitrogen and oxygen atoms in total. The van der Waals surface area contributed by atoms with Crippen LogP contribution in [0.25, 0.3) is 0 Å². The molecule has 0 aromatic rings. The predicted molar refractivity (Wildman–Crippen MR) is 69.4 cm³/mol. The van der Waals surface area contributed by atoms with E-state index in [9.17, 15) is 4.79 Å². The van der Waals surface area contributed by atoms with E-state index >= 15 is 0 Å². The van der Waals surface area contributed by atoms with Crippen LogP contribution in [0, 0.1) is 0 Å². The largest absolute Gasteiger partial charge is 0.446 e. The highest BCUT2D eigenvalue weighted by Crippen LogP contribution is 2.14. The summed E-state index contributed by atoms with van der Waals surface area (Å²) in [5.74, 6) is 0. The molecule has 0 aliphatic heterocycles. The number of carbonyl (C=O) groups is 1. The number of hydrogen-bond donors (Lipinski definition) is 1. The van der Waals surface area contributed by atoms with Gasteiger partial charge in [-0.25, -0.2) is 4.79 Å². The Labute approximate surface area is 100 Å². The fraction of sp³-hybridized carbons (Fsp3) is 0.769. The monoisotopic (exact) mass is 229 g/mol. The van der Waals surface area contributed by atoms with E-state index in [-0.39, 0.29) is 6.10 Å². The molecular formula is C13H27NO2. The molecule has 0 aromatic heterocycles. The molecule has 0 saturated carbocycles. The van der Waals surface area contributed by atoms with Crippen LogP contribution in [0.5, 0.6) is 0 Å². The summed E-state index contributed by atoms with van der Waals surface area (Å²) >= 11 is 0.